The van der Waals surface area contributed by atoms with Gasteiger partial charge in [0.25, 0.3) is 5.91 Å². The van der Waals surface area contributed by atoms with Crippen molar-refractivity contribution in [2.24, 2.45) is 4.99 Å². The largest absolute Gasteiger partial charge is 0.494 e. The van der Waals surface area contributed by atoms with E-state index in [0.29, 0.717) is 11.5 Å². The predicted molar refractivity (Wildman–Crippen MR) is 97.2 cm³/mol. The fraction of sp³-hybridized carbons (Fsp3) is 0.444. The Balaban J connectivity index is 1.70. The van der Waals surface area contributed by atoms with Crippen molar-refractivity contribution in [2.75, 3.05) is 19.7 Å². The van der Waals surface area contributed by atoms with E-state index in [9.17, 15) is 4.79 Å². The number of amidine groups is 1. The number of rotatable bonds is 3. The third-order valence-corrected chi connectivity index (χ3v) is 4.83. The van der Waals surface area contributed by atoms with Crippen LogP contribution in [0.5, 0.6) is 5.75 Å². The molecular formula is C18H22N2O3S. The molecule has 0 N–H and O–H groups in total. The van der Waals surface area contributed by atoms with Crippen LogP contribution in [0, 0.1) is 0 Å². The van der Waals surface area contributed by atoms with E-state index in [1.807, 2.05) is 51.1 Å². The van der Waals surface area contributed by atoms with Gasteiger partial charge in [-0.05, 0) is 56.3 Å². The molecule has 1 aromatic carbocycles. The number of hydrogen-bond acceptors (Lipinski definition) is 5. The van der Waals surface area contributed by atoms with E-state index in [0.717, 1.165) is 29.6 Å². The van der Waals surface area contributed by atoms with Gasteiger partial charge in [0.05, 0.1) is 23.7 Å². The van der Waals surface area contributed by atoms with Crippen LogP contribution in [-0.2, 0) is 9.53 Å². The zero-order valence-corrected chi connectivity index (χ0v) is 15.0. The minimum Gasteiger partial charge on any atom is -0.494 e. The van der Waals surface area contributed by atoms with Gasteiger partial charge in [-0.25, -0.2) is 0 Å². The van der Waals surface area contributed by atoms with E-state index < -0.39 is 0 Å². The minimum absolute atomic E-state index is 0.145. The summed E-state index contributed by atoms with van der Waals surface area (Å²) in [7, 11) is 0. The second-order valence-corrected chi connectivity index (χ2v) is 6.98. The van der Waals surface area contributed by atoms with Gasteiger partial charge >= 0.3 is 0 Å². The van der Waals surface area contributed by atoms with Crippen molar-refractivity contribution in [3.05, 3.63) is 34.7 Å². The van der Waals surface area contributed by atoms with Crippen LogP contribution in [0.15, 0.2) is 34.2 Å². The maximum atomic E-state index is 12.2. The summed E-state index contributed by atoms with van der Waals surface area (Å²) in [6, 6.07) is 7.71. The van der Waals surface area contributed by atoms with Crippen LogP contribution in [0.1, 0.15) is 26.3 Å². The van der Waals surface area contributed by atoms with Crippen molar-refractivity contribution >= 4 is 28.9 Å². The van der Waals surface area contributed by atoms with Gasteiger partial charge in [-0.3, -0.25) is 4.79 Å². The molecule has 1 fully saturated rings. The molecule has 0 saturated carbocycles. The summed E-state index contributed by atoms with van der Waals surface area (Å²) in [4.78, 5) is 19.2. The molecule has 1 aromatic rings. The summed E-state index contributed by atoms with van der Waals surface area (Å²) < 4.78 is 11.2. The van der Waals surface area contributed by atoms with Gasteiger partial charge in [-0.2, -0.15) is 4.99 Å². The normalized spacial score (nSPS) is 26.0. The average molecular weight is 346 g/mol. The number of nitrogens with zero attached hydrogens (tertiary/aromatic N) is 2. The SMILES string of the molecule is CCOc1ccc(/C=C2\SC(N3C[C@@H](C)O[C@@H](C)C3)=NC2=O)cc1. The van der Waals surface area contributed by atoms with Crippen molar-refractivity contribution in [3.8, 4) is 5.75 Å². The van der Waals surface area contributed by atoms with Crippen LogP contribution in [-0.4, -0.2) is 47.9 Å². The maximum Gasteiger partial charge on any atom is 0.286 e. The molecule has 2 atom stereocenters. The van der Waals surface area contributed by atoms with Crippen molar-refractivity contribution in [3.63, 3.8) is 0 Å². The van der Waals surface area contributed by atoms with Crippen LogP contribution in [0.2, 0.25) is 0 Å². The number of benzene rings is 1. The Morgan fingerprint density at radius 2 is 1.96 bits per heavy atom. The number of amides is 1. The number of ether oxygens (including phenoxy) is 2. The molecule has 2 aliphatic rings. The van der Waals surface area contributed by atoms with Crippen molar-refractivity contribution in [2.45, 2.75) is 33.0 Å². The Hall–Kier alpha value is -1.79. The molecule has 6 heteroatoms. The molecule has 2 aliphatic heterocycles. The highest BCUT2D eigenvalue weighted by atomic mass is 32.2. The Kier molecular flexibility index (Phi) is 5.26. The molecule has 3 rings (SSSR count). The lowest BCUT2D eigenvalue weighted by atomic mass is 10.2. The molecule has 1 saturated heterocycles. The Morgan fingerprint density at radius 1 is 1.29 bits per heavy atom. The monoisotopic (exact) mass is 346 g/mol. The van der Waals surface area contributed by atoms with Gasteiger partial charge < -0.3 is 14.4 Å². The molecule has 2 heterocycles. The van der Waals surface area contributed by atoms with Gasteiger partial charge in [0.1, 0.15) is 5.75 Å². The van der Waals surface area contributed by atoms with Crippen LogP contribution >= 0.6 is 11.8 Å². The second kappa shape index (κ2) is 7.40. The lowest BCUT2D eigenvalue weighted by Gasteiger charge is -2.35. The van der Waals surface area contributed by atoms with Gasteiger partial charge in [-0.1, -0.05) is 12.1 Å². The molecule has 1 amide bonds. The summed E-state index contributed by atoms with van der Waals surface area (Å²) >= 11 is 1.44. The third-order valence-electron chi connectivity index (χ3n) is 3.79. The van der Waals surface area contributed by atoms with Gasteiger partial charge in [0.2, 0.25) is 0 Å². The standard InChI is InChI=1S/C18H22N2O3S/c1-4-22-15-7-5-14(6-8-15)9-16-17(21)19-18(24-16)20-10-12(2)23-13(3)11-20/h5-9,12-13H,4,10-11H2,1-3H3/b16-9-/t12-,13+. The van der Waals surface area contributed by atoms with Gasteiger partial charge in [0, 0.05) is 13.1 Å². The fourth-order valence-electron chi connectivity index (χ4n) is 2.85. The minimum atomic E-state index is -0.171. The first-order chi connectivity index (χ1) is 11.5. The first kappa shape index (κ1) is 17.0. The zero-order valence-electron chi connectivity index (χ0n) is 14.2. The average Bonchev–Trinajstić information content (AvgIpc) is 2.90. The van der Waals surface area contributed by atoms with Crippen LogP contribution in [0.3, 0.4) is 0 Å². The fourth-order valence-corrected chi connectivity index (χ4v) is 3.78. The maximum absolute atomic E-state index is 12.2. The van der Waals surface area contributed by atoms with Crippen molar-refractivity contribution in [1.82, 2.24) is 4.90 Å². The van der Waals surface area contributed by atoms with E-state index in [4.69, 9.17) is 9.47 Å². The highest BCUT2D eigenvalue weighted by Crippen LogP contribution is 2.31. The highest BCUT2D eigenvalue weighted by Gasteiger charge is 2.30. The summed E-state index contributed by atoms with van der Waals surface area (Å²) in [5, 5.41) is 0.777. The first-order valence-electron chi connectivity index (χ1n) is 8.21. The van der Waals surface area contributed by atoms with Gasteiger partial charge in [-0.15, -0.1) is 0 Å². The summed E-state index contributed by atoms with van der Waals surface area (Å²) in [5.74, 6) is 0.661. The molecular weight excluding hydrogens is 324 g/mol. The molecule has 5 nitrogen and oxygen atoms in total. The zero-order chi connectivity index (χ0) is 17.1. The summed E-state index contributed by atoms with van der Waals surface area (Å²) in [6.07, 6.45) is 2.17. The van der Waals surface area contributed by atoms with Crippen molar-refractivity contribution < 1.29 is 14.3 Å². The van der Waals surface area contributed by atoms with Crippen LogP contribution < -0.4 is 4.74 Å². The molecule has 0 unspecified atom stereocenters. The number of thioether (sulfide) groups is 1. The molecule has 24 heavy (non-hydrogen) atoms. The topological polar surface area (TPSA) is 51.1 Å². The number of hydrogen-bond donors (Lipinski definition) is 0. The van der Waals surface area contributed by atoms with E-state index in [1.165, 1.54) is 11.8 Å². The van der Waals surface area contributed by atoms with E-state index in [2.05, 4.69) is 9.89 Å². The number of carbonyl (C=O) groups is 1. The lowest BCUT2D eigenvalue weighted by molar-refractivity contribution is -0.113. The Bertz CT molecular complexity index is 659. The molecule has 128 valence electrons. The quantitative estimate of drug-likeness (QED) is 0.787. The second-order valence-electron chi connectivity index (χ2n) is 5.97. The number of carbonyl (C=O) groups excluding carboxylic acids is 1. The molecule has 0 aliphatic carbocycles. The Labute approximate surface area is 146 Å². The van der Waals surface area contributed by atoms with E-state index >= 15 is 0 Å². The lowest BCUT2D eigenvalue weighted by Crippen LogP contribution is -2.47. The van der Waals surface area contributed by atoms with Gasteiger partial charge in [0.15, 0.2) is 5.17 Å². The molecule has 0 radical (unpaired) electrons. The van der Waals surface area contributed by atoms with E-state index in [1.54, 1.807) is 0 Å². The smallest absolute Gasteiger partial charge is 0.286 e. The van der Waals surface area contributed by atoms with Crippen molar-refractivity contribution in [1.29, 1.82) is 0 Å². The molecule has 0 spiro atoms. The van der Waals surface area contributed by atoms with Crippen LogP contribution in [0.25, 0.3) is 6.08 Å². The molecule has 0 aromatic heterocycles. The van der Waals surface area contributed by atoms with E-state index in [-0.39, 0.29) is 18.1 Å². The predicted octanol–water partition coefficient (Wildman–Crippen LogP) is 3.16. The summed E-state index contributed by atoms with van der Waals surface area (Å²) in [6.45, 7) is 8.21. The third kappa shape index (κ3) is 3.99. The summed E-state index contributed by atoms with van der Waals surface area (Å²) in [5.41, 5.74) is 0.967. The van der Waals surface area contributed by atoms with Crippen LogP contribution in [0.4, 0.5) is 0 Å². The first-order valence-corrected chi connectivity index (χ1v) is 9.02. The molecule has 0 bridgehead atoms. The number of morpholine rings is 1. The Morgan fingerprint density at radius 3 is 2.58 bits per heavy atom. The highest BCUT2D eigenvalue weighted by molar-refractivity contribution is 8.18. The number of aliphatic imine (C=N–C) groups is 1.